The van der Waals surface area contributed by atoms with Gasteiger partial charge < -0.3 is 10.2 Å². The first-order valence-electron chi connectivity index (χ1n) is 6.88. The van der Waals surface area contributed by atoms with E-state index < -0.39 is 0 Å². The summed E-state index contributed by atoms with van der Waals surface area (Å²) in [7, 11) is 0. The third kappa shape index (κ3) is 2.99. The lowest BCUT2D eigenvalue weighted by Gasteiger charge is -2.27. The van der Waals surface area contributed by atoms with E-state index in [-0.39, 0.29) is 0 Å². The Labute approximate surface area is 110 Å². The molecular formula is C14H24N4. The van der Waals surface area contributed by atoms with Gasteiger partial charge in [0.25, 0.3) is 0 Å². The Bertz CT molecular complexity index is 403. The molecule has 0 saturated carbocycles. The molecule has 0 amide bonds. The van der Waals surface area contributed by atoms with Crippen LogP contribution in [0.1, 0.15) is 38.1 Å². The number of rotatable bonds is 4. The Morgan fingerprint density at radius 1 is 1.44 bits per heavy atom. The third-order valence-electron chi connectivity index (χ3n) is 3.46. The van der Waals surface area contributed by atoms with Crippen LogP contribution in [0.4, 0.5) is 5.82 Å². The SMILES string of the molecule is Cc1cnc(C)c(N2CCCC2CNC(C)C)n1. The lowest BCUT2D eigenvalue weighted by molar-refractivity contribution is 0.521. The molecule has 0 bridgehead atoms. The van der Waals surface area contributed by atoms with Gasteiger partial charge in [-0.05, 0) is 26.7 Å². The van der Waals surface area contributed by atoms with Crippen molar-refractivity contribution in [1.82, 2.24) is 15.3 Å². The average molecular weight is 248 g/mol. The molecule has 1 fully saturated rings. The van der Waals surface area contributed by atoms with Gasteiger partial charge in [-0.2, -0.15) is 0 Å². The van der Waals surface area contributed by atoms with Gasteiger partial charge in [0.15, 0.2) is 5.82 Å². The summed E-state index contributed by atoms with van der Waals surface area (Å²) in [6.07, 6.45) is 4.34. The maximum Gasteiger partial charge on any atom is 0.150 e. The van der Waals surface area contributed by atoms with Gasteiger partial charge in [-0.3, -0.25) is 4.98 Å². The molecule has 1 aliphatic heterocycles. The minimum absolute atomic E-state index is 0.539. The smallest absolute Gasteiger partial charge is 0.150 e. The van der Waals surface area contributed by atoms with Crippen molar-refractivity contribution in [2.75, 3.05) is 18.0 Å². The lowest BCUT2D eigenvalue weighted by Crippen LogP contribution is -2.41. The highest BCUT2D eigenvalue weighted by Gasteiger charge is 2.27. The molecule has 0 aliphatic carbocycles. The standard InChI is InChI=1S/C14H24N4/c1-10(2)15-9-13-6-5-7-18(13)14-12(4)16-8-11(3)17-14/h8,10,13,15H,5-7,9H2,1-4H3. The van der Waals surface area contributed by atoms with Gasteiger partial charge >= 0.3 is 0 Å². The average Bonchev–Trinajstić information content (AvgIpc) is 2.77. The van der Waals surface area contributed by atoms with Crippen LogP contribution in [0.3, 0.4) is 0 Å². The first kappa shape index (κ1) is 13.3. The fourth-order valence-corrected chi connectivity index (χ4v) is 2.50. The minimum atomic E-state index is 0.539. The molecule has 2 rings (SSSR count). The zero-order valence-electron chi connectivity index (χ0n) is 11.9. The van der Waals surface area contributed by atoms with E-state index in [2.05, 4.69) is 34.0 Å². The number of nitrogens with one attached hydrogen (secondary N) is 1. The number of hydrogen-bond acceptors (Lipinski definition) is 4. The summed E-state index contributed by atoms with van der Waals surface area (Å²) >= 11 is 0. The van der Waals surface area contributed by atoms with Crippen molar-refractivity contribution in [1.29, 1.82) is 0 Å². The molecule has 4 nitrogen and oxygen atoms in total. The van der Waals surface area contributed by atoms with Gasteiger partial charge in [-0.25, -0.2) is 4.98 Å². The van der Waals surface area contributed by atoms with E-state index in [0.717, 1.165) is 30.3 Å². The molecule has 4 heteroatoms. The molecule has 100 valence electrons. The van der Waals surface area contributed by atoms with E-state index in [9.17, 15) is 0 Å². The fourth-order valence-electron chi connectivity index (χ4n) is 2.50. The van der Waals surface area contributed by atoms with Crippen LogP contribution in [0, 0.1) is 13.8 Å². The predicted octanol–water partition coefficient (Wildman–Crippen LogP) is 2.06. The molecule has 1 saturated heterocycles. The van der Waals surface area contributed by atoms with Crippen LogP contribution < -0.4 is 10.2 Å². The van der Waals surface area contributed by atoms with E-state index in [4.69, 9.17) is 0 Å². The predicted molar refractivity (Wildman–Crippen MR) is 75.0 cm³/mol. The molecular weight excluding hydrogens is 224 g/mol. The van der Waals surface area contributed by atoms with Crippen molar-refractivity contribution in [3.63, 3.8) is 0 Å². The second-order valence-electron chi connectivity index (χ2n) is 5.47. The molecule has 1 atom stereocenters. The van der Waals surface area contributed by atoms with E-state index in [1.54, 1.807) is 0 Å². The summed E-state index contributed by atoms with van der Waals surface area (Å²) in [5.41, 5.74) is 2.04. The summed E-state index contributed by atoms with van der Waals surface area (Å²) in [4.78, 5) is 11.5. The number of aromatic nitrogens is 2. The monoisotopic (exact) mass is 248 g/mol. The summed E-state index contributed by atoms with van der Waals surface area (Å²) in [6.45, 7) is 10.6. The van der Waals surface area contributed by atoms with Gasteiger partial charge in [-0.1, -0.05) is 13.8 Å². The van der Waals surface area contributed by atoms with Crippen LogP contribution in [0.2, 0.25) is 0 Å². The van der Waals surface area contributed by atoms with Crippen molar-refractivity contribution in [2.45, 2.75) is 52.6 Å². The summed E-state index contributed by atoms with van der Waals surface area (Å²) < 4.78 is 0. The molecule has 0 spiro atoms. The van der Waals surface area contributed by atoms with Gasteiger partial charge in [0.05, 0.1) is 11.4 Å². The van der Waals surface area contributed by atoms with Crippen molar-refractivity contribution in [3.8, 4) is 0 Å². The highest BCUT2D eigenvalue weighted by Crippen LogP contribution is 2.25. The van der Waals surface area contributed by atoms with Crippen molar-refractivity contribution in [3.05, 3.63) is 17.6 Å². The highest BCUT2D eigenvalue weighted by molar-refractivity contribution is 5.45. The van der Waals surface area contributed by atoms with Crippen LogP contribution >= 0.6 is 0 Å². The Kier molecular flexibility index (Phi) is 4.17. The zero-order chi connectivity index (χ0) is 13.1. The Morgan fingerprint density at radius 3 is 2.94 bits per heavy atom. The van der Waals surface area contributed by atoms with E-state index >= 15 is 0 Å². The first-order valence-corrected chi connectivity index (χ1v) is 6.88. The normalized spacial score (nSPS) is 19.8. The topological polar surface area (TPSA) is 41.1 Å². The Morgan fingerprint density at radius 2 is 2.22 bits per heavy atom. The van der Waals surface area contributed by atoms with Gasteiger partial charge in [0.1, 0.15) is 0 Å². The highest BCUT2D eigenvalue weighted by atomic mass is 15.3. The van der Waals surface area contributed by atoms with Crippen LogP contribution in [-0.2, 0) is 0 Å². The van der Waals surface area contributed by atoms with Gasteiger partial charge in [-0.15, -0.1) is 0 Å². The molecule has 1 aliphatic rings. The van der Waals surface area contributed by atoms with Crippen LogP contribution in [0.15, 0.2) is 6.20 Å². The van der Waals surface area contributed by atoms with Crippen LogP contribution in [0.25, 0.3) is 0 Å². The summed E-state index contributed by atoms with van der Waals surface area (Å²) in [5.74, 6) is 1.07. The first-order chi connectivity index (χ1) is 8.58. The second-order valence-corrected chi connectivity index (χ2v) is 5.47. The molecule has 1 aromatic rings. The maximum absolute atomic E-state index is 4.67. The van der Waals surface area contributed by atoms with Crippen molar-refractivity contribution >= 4 is 5.82 Å². The Balaban J connectivity index is 2.13. The number of nitrogens with zero attached hydrogens (tertiary/aromatic N) is 3. The van der Waals surface area contributed by atoms with Crippen molar-refractivity contribution < 1.29 is 0 Å². The minimum Gasteiger partial charge on any atom is -0.351 e. The largest absolute Gasteiger partial charge is 0.351 e. The van der Waals surface area contributed by atoms with Crippen molar-refractivity contribution in [2.24, 2.45) is 0 Å². The fraction of sp³-hybridized carbons (Fsp3) is 0.714. The zero-order valence-corrected chi connectivity index (χ0v) is 11.9. The van der Waals surface area contributed by atoms with Crippen LogP contribution in [0.5, 0.6) is 0 Å². The number of anilines is 1. The molecule has 0 aromatic carbocycles. The second kappa shape index (κ2) is 5.65. The van der Waals surface area contributed by atoms with E-state index in [1.165, 1.54) is 12.8 Å². The summed E-state index contributed by atoms with van der Waals surface area (Å²) in [5, 5.41) is 3.53. The van der Waals surface area contributed by atoms with Gasteiger partial charge in [0, 0.05) is 31.4 Å². The Hall–Kier alpha value is -1.16. The quantitative estimate of drug-likeness (QED) is 0.885. The molecule has 0 radical (unpaired) electrons. The lowest BCUT2D eigenvalue weighted by atomic mass is 10.2. The number of hydrogen-bond donors (Lipinski definition) is 1. The molecule has 1 unspecified atom stereocenters. The van der Waals surface area contributed by atoms with E-state index in [1.807, 2.05) is 20.0 Å². The summed E-state index contributed by atoms with van der Waals surface area (Å²) in [6, 6.07) is 1.10. The molecule has 1 N–H and O–H groups in total. The third-order valence-corrected chi connectivity index (χ3v) is 3.46. The number of aryl methyl sites for hydroxylation is 2. The maximum atomic E-state index is 4.67. The molecule has 1 aromatic heterocycles. The molecule has 18 heavy (non-hydrogen) atoms. The molecule has 2 heterocycles. The van der Waals surface area contributed by atoms with Gasteiger partial charge in [0.2, 0.25) is 0 Å². The van der Waals surface area contributed by atoms with Crippen LogP contribution in [-0.4, -0.2) is 35.1 Å². The van der Waals surface area contributed by atoms with E-state index in [0.29, 0.717) is 12.1 Å².